The van der Waals surface area contributed by atoms with Crippen LogP contribution in [-0.4, -0.2) is 39.9 Å². The van der Waals surface area contributed by atoms with Gasteiger partial charge < -0.3 is 14.8 Å². The number of benzene rings is 2. The van der Waals surface area contributed by atoms with E-state index in [4.69, 9.17) is 4.98 Å². The lowest BCUT2D eigenvalue weighted by molar-refractivity contribution is -0.128. The first kappa shape index (κ1) is 18.2. The molecule has 4 rings (SSSR count). The molecule has 0 bridgehead atoms. The van der Waals surface area contributed by atoms with Gasteiger partial charge in [-0.15, -0.1) is 0 Å². The second-order valence-corrected chi connectivity index (χ2v) is 7.44. The fraction of sp³-hybridized carbons (Fsp3) is 0.318. The largest absolute Gasteiger partial charge is 0.345 e. The van der Waals surface area contributed by atoms with Crippen molar-refractivity contribution in [2.24, 2.45) is 13.0 Å². The summed E-state index contributed by atoms with van der Waals surface area (Å²) < 4.78 is 2.04. The van der Waals surface area contributed by atoms with Crippen molar-refractivity contribution in [3.05, 3.63) is 66.0 Å². The molecule has 1 aliphatic rings. The van der Waals surface area contributed by atoms with Crippen LogP contribution >= 0.6 is 0 Å². The molecule has 0 aliphatic carbocycles. The molecular weight excluding hydrogens is 352 g/mol. The van der Waals surface area contributed by atoms with Gasteiger partial charge in [0, 0.05) is 27.1 Å². The molecule has 1 unspecified atom stereocenters. The zero-order chi connectivity index (χ0) is 19.7. The number of amides is 2. The van der Waals surface area contributed by atoms with Gasteiger partial charge in [-0.2, -0.15) is 0 Å². The summed E-state index contributed by atoms with van der Waals surface area (Å²) in [7, 11) is 3.71. The van der Waals surface area contributed by atoms with Crippen molar-refractivity contribution in [3.63, 3.8) is 0 Å². The number of likely N-dealkylation sites (tertiary alicyclic amines) is 1. The second-order valence-electron chi connectivity index (χ2n) is 7.44. The minimum Gasteiger partial charge on any atom is -0.345 e. The Morgan fingerprint density at radius 1 is 1.14 bits per heavy atom. The highest BCUT2D eigenvalue weighted by atomic mass is 16.2. The van der Waals surface area contributed by atoms with Crippen LogP contribution in [0.3, 0.4) is 0 Å². The molecule has 1 fully saturated rings. The Hall–Kier alpha value is -3.15. The van der Waals surface area contributed by atoms with Gasteiger partial charge in [0.2, 0.25) is 11.8 Å². The Balaban J connectivity index is 1.64. The van der Waals surface area contributed by atoms with E-state index in [-0.39, 0.29) is 30.2 Å². The van der Waals surface area contributed by atoms with Gasteiger partial charge in [0.1, 0.15) is 5.82 Å². The van der Waals surface area contributed by atoms with Crippen LogP contribution in [0.4, 0.5) is 0 Å². The first-order chi connectivity index (χ1) is 13.5. The average Bonchev–Trinajstić information content (AvgIpc) is 3.22. The zero-order valence-electron chi connectivity index (χ0n) is 16.1. The van der Waals surface area contributed by atoms with Crippen LogP contribution in [0.2, 0.25) is 0 Å². The van der Waals surface area contributed by atoms with Crippen LogP contribution in [-0.2, 0) is 23.1 Å². The van der Waals surface area contributed by atoms with Crippen LogP contribution < -0.4 is 5.32 Å². The molecule has 1 saturated heterocycles. The molecule has 0 radical (unpaired) electrons. The van der Waals surface area contributed by atoms with Crippen LogP contribution in [0.15, 0.2) is 54.6 Å². The highest BCUT2D eigenvalue weighted by Crippen LogP contribution is 2.24. The molecular formula is C22H24N4O2. The van der Waals surface area contributed by atoms with Gasteiger partial charge in [-0.1, -0.05) is 42.5 Å². The van der Waals surface area contributed by atoms with Gasteiger partial charge in [-0.3, -0.25) is 9.59 Å². The quantitative estimate of drug-likeness (QED) is 0.744. The predicted octanol–water partition coefficient (Wildman–Crippen LogP) is 2.45. The van der Waals surface area contributed by atoms with E-state index >= 15 is 0 Å². The Bertz CT molecular complexity index is 1010. The van der Waals surface area contributed by atoms with E-state index in [9.17, 15) is 9.59 Å². The third-order valence-corrected chi connectivity index (χ3v) is 5.44. The maximum Gasteiger partial charge on any atom is 0.226 e. The molecule has 1 aliphatic heterocycles. The normalized spacial score (nSPS) is 17.9. The molecule has 6 heteroatoms. The number of nitrogens with one attached hydrogen (secondary N) is 1. The van der Waals surface area contributed by atoms with E-state index in [1.807, 2.05) is 54.1 Å². The molecule has 1 N–H and O–H groups in total. The second kappa shape index (κ2) is 7.46. The maximum absolute atomic E-state index is 12.9. The zero-order valence-corrected chi connectivity index (χ0v) is 16.1. The number of para-hydroxylation sites is 2. The average molecular weight is 376 g/mol. The van der Waals surface area contributed by atoms with Crippen LogP contribution in [0, 0.1) is 5.92 Å². The molecule has 0 saturated carbocycles. The maximum atomic E-state index is 12.9. The number of aromatic nitrogens is 2. The van der Waals surface area contributed by atoms with E-state index in [0.717, 1.165) is 22.4 Å². The summed E-state index contributed by atoms with van der Waals surface area (Å²) in [4.78, 5) is 31.2. The minimum atomic E-state index is -0.314. The first-order valence-corrected chi connectivity index (χ1v) is 9.52. The molecule has 2 amide bonds. The molecule has 3 aromatic rings. The lowest BCUT2D eigenvalue weighted by Crippen LogP contribution is -2.37. The lowest BCUT2D eigenvalue weighted by Gasteiger charge is -2.21. The fourth-order valence-corrected chi connectivity index (χ4v) is 3.86. The number of rotatable bonds is 5. The number of fused-ring (bicyclic) bond motifs is 1. The van der Waals surface area contributed by atoms with Crippen molar-refractivity contribution in [1.29, 1.82) is 0 Å². The molecule has 2 aromatic carbocycles. The molecule has 28 heavy (non-hydrogen) atoms. The molecule has 1 aromatic heterocycles. The van der Waals surface area contributed by atoms with Gasteiger partial charge in [-0.05, 0) is 24.1 Å². The molecule has 2 heterocycles. The Morgan fingerprint density at radius 2 is 1.86 bits per heavy atom. The molecule has 144 valence electrons. The van der Waals surface area contributed by atoms with Gasteiger partial charge in [0.05, 0.1) is 23.0 Å². The number of hydrogen-bond acceptors (Lipinski definition) is 3. The number of nitrogens with zero attached hydrogens (tertiary/aromatic N) is 3. The Labute approximate surface area is 164 Å². The standard InChI is InChI=1S/C22H24N4O2/c1-25-14-16(13-20(25)27)22(28)24-18(12-15-8-4-3-5-9-15)21-23-17-10-6-7-11-19(17)26(21)2/h3-11,16,18H,12-14H2,1-2H3,(H,24,28)/t16?,18-/m0/s1. The molecule has 0 spiro atoms. The minimum absolute atomic E-state index is 0.0162. The van der Waals surface area contributed by atoms with Crippen molar-refractivity contribution in [2.75, 3.05) is 13.6 Å². The van der Waals surface area contributed by atoms with Crippen molar-refractivity contribution in [3.8, 4) is 0 Å². The molecule has 2 atom stereocenters. The number of carbonyl (C=O) groups excluding carboxylic acids is 2. The van der Waals surface area contributed by atoms with Crippen LogP contribution in [0.1, 0.15) is 23.9 Å². The third kappa shape index (κ3) is 3.50. The highest BCUT2D eigenvalue weighted by molar-refractivity contribution is 5.89. The van der Waals surface area contributed by atoms with Crippen molar-refractivity contribution in [1.82, 2.24) is 19.8 Å². The SMILES string of the molecule is CN1CC(C(=O)N[C@@H](Cc2ccccc2)c2nc3ccccc3n2C)CC1=O. The Morgan fingerprint density at radius 3 is 2.54 bits per heavy atom. The molecule has 6 nitrogen and oxygen atoms in total. The van der Waals surface area contributed by atoms with E-state index in [1.54, 1.807) is 11.9 Å². The summed E-state index contributed by atoms with van der Waals surface area (Å²) in [6.45, 7) is 0.464. The van der Waals surface area contributed by atoms with Crippen molar-refractivity contribution >= 4 is 22.8 Å². The van der Waals surface area contributed by atoms with Gasteiger partial charge in [-0.25, -0.2) is 4.98 Å². The van der Waals surface area contributed by atoms with E-state index < -0.39 is 0 Å². The van der Waals surface area contributed by atoms with Gasteiger partial charge in [0.15, 0.2) is 0 Å². The summed E-state index contributed by atoms with van der Waals surface area (Å²) >= 11 is 0. The first-order valence-electron chi connectivity index (χ1n) is 9.52. The summed E-state index contributed by atoms with van der Waals surface area (Å²) in [6, 6.07) is 17.7. The number of imidazole rings is 1. The summed E-state index contributed by atoms with van der Waals surface area (Å²) in [5.41, 5.74) is 3.06. The third-order valence-electron chi connectivity index (χ3n) is 5.44. The van der Waals surface area contributed by atoms with E-state index in [0.29, 0.717) is 13.0 Å². The number of aryl methyl sites for hydroxylation is 1. The van der Waals surface area contributed by atoms with Gasteiger partial charge in [0.25, 0.3) is 0 Å². The summed E-state index contributed by atoms with van der Waals surface area (Å²) in [5.74, 6) is 0.426. The smallest absolute Gasteiger partial charge is 0.226 e. The van der Waals surface area contributed by atoms with Crippen molar-refractivity contribution in [2.45, 2.75) is 18.9 Å². The van der Waals surface area contributed by atoms with E-state index in [1.165, 1.54) is 0 Å². The monoisotopic (exact) mass is 376 g/mol. The predicted molar refractivity (Wildman–Crippen MR) is 107 cm³/mol. The number of carbonyl (C=O) groups is 2. The van der Waals surface area contributed by atoms with Crippen LogP contribution in [0.5, 0.6) is 0 Å². The highest BCUT2D eigenvalue weighted by Gasteiger charge is 2.34. The summed E-state index contributed by atoms with van der Waals surface area (Å²) in [5, 5.41) is 3.17. The van der Waals surface area contributed by atoms with Crippen molar-refractivity contribution < 1.29 is 9.59 Å². The lowest BCUT2D eigenvalue weighted by atomic mass is 10.0. The van der Waals surface area contributed by atoms with Gasteiger partial charge >= 0.3 is 0 Å². The number of hydrogen-bond donors (Lipinski definition) is 1. The van der Waals surface area contributed by atoms with E-state index in [2.05, 4.69) is 17.4 Å². The Kier molecular flexibility index (Phi) is 4.86. The topological polar surface area (TPSA) is 67.2 Å². The summed E-state index contributed by atoms with van der Waals surface area (Å²) in [6.07, 6.45) is 0.906. The van der Waals surface area contributed by atoms with Crippen LogP contribution in [0.25, 0.3) is 11.0 Å². The fourth-order valence-electron chi connectivity index (χ4n) is 3.86.